The van der Waals surface area contributed by atoms with Crippen LogP contribution in [0.15, 0.2) is 54.6 Å². The second-order valence-corrected chi connectivity index (χ2v) is 8.60. The topological polar surface area (TPSA) is 32.8 Å². The van der Waals surface area contributed by atoms with E-state index < -0.39 is 0 Å². The van der Waals surface area contributed by atoms with E-state index in [9.17, 15) is 4.79 Å². The number of benzene rings is 2. The van der Waals surface area contributed by atoms with Crippen LogP contribution in [0.2, 0.25) is 0 Å². The predicted octanol–water partition coefficient (Wildman–Crippen LogP) is 4.00. The van der Waals surface area contributed by atoms with Crippen molar-refractivity contribution in [3.05, 3.63) is 60.2 Å². The van der Waals surface area contributed by atoms with Gasteiger partial charge in [-0.1, -0.05) is 54.6 Å². The molecule has 0 aromatic heterocycles. The van der Waals surface area contributed by atoms with Gasteiger partial charge in [0, 0.05) is 32.2 Å². The second-order valence-electron chi connectivity index (χ2n) is 8.60. The quantitative estimate of drug-likeness (QED) is 0.771. The molecule has 4 nitrogen and oxygen atoms in total. The van der Waals surface area contributed by atoms with Crippen LogP contribution in [0.4, 0.5) is 0 Å². The van der Waals surface area contributed by atoms with Gasteiger partial charge < -0.3 is 9.64 Å². The minimum absolute atomic E-state index is 0.259. The van der Waals surface area contributed by atoms with Crippen LogP contribution in [0.3, 0.4) is 0 Å². The molecular weight excluding hydrogens is 360 g/mol. The Kier molecular flexibility index (Phi) is 6.31. The summed E-state index contributed by atoms with van der Waals surface area (Å²) in [5.74, 6) is 0.259. The molecule has 0 aliphatic carbocycles. The fourth-order valence-corrected chi connectivity index (χ4v) is 4.81. The Labute approximate surface area is 174 Å². The summed E-state index contributed by atoms with van der Waals surface area (Å²) in [6, 6.07) is 19.1. The van der Waals surface area contributed by atoms with Crippen molar-refractivity contribution < 1.29 is 9.53 Å². The fraction of sp³-hybridized carbons (Fsp3) is 0.480. The minimum Gasteiger partial charge on any atom is -0.373 e. The Morgan fingerprint density at radius 3 is 2.31 bits per heavy atom. The highest BCUT2D eigenvalue weighted by Gasteiger charge is 2.32. The molecule has 2 saturated heterocycles. The van der Waals surface area contributed by atoms with Gasteiger partial charge in [0.2, 0.25) is 5.91 Å². The summed E-state index contributed by atoms with van der Waals surface area (Å²) in [5, 5.41) is 0. The molecule has 0 saturated carbocycles. The lowest BCUT2D eigenvalue weighted by Crippen LogP contribution is -2.51. The molecule has 3 atom stereocenters. The van der Waals surface area contributed by atoms with E-state index in [1.54, 1.807) is 0 Å². The molecule has 1 amide bonds. The van der Waals surface area contributed by atoms with Gasteiger partial charge in [0.1, 0.15) is 0 Å². The summed E-state index contributed by atoms with van der Waals surface area (Å²) in [6.07, 6.45) is 3.25. The molecule has 0 radical (unpaired) electrons. The van der Waals surface area contributed by atoms with Crippen LogP contribution in [0.1, 0.15) is 32.3 Å². The van der Waals surface area contributed by atoms with Gasteiger partial charge >= 0.3 is 0 Å². The third-order valence-corrected chi connectivity index (χ3v) is 6.08. The number of likely N-dealkylation sites (tertiary alicyclic amines) is 1. The Morgan fingerprint density at radius 1 is 0.966 bits per heavy atom. The molecule has 2 aliphatic heterocycles. The van der Waals surface area contributed by atoms with Crippen molar-refractivity contribution in [1.29, 1.82) is 0 Å². The third-order valence-electron chi connectivity index (χ3n) is 6.08. The van der Waals surface area contributed by atoms with Crippen molar-refractivity contribution in [1.82, 2.24) is 9.80 Å². The molecule has 0 bridgehead atoms. The van der Waals surface area contributed by atoms with E-state index in [4.69, 9.17) is 4.74 Å². The first-order valence-corrected chi connectivity index (χ1v) is 10.9. The van der Waals surface area contributed by atoms with Crippen LogP contribution in [0, 0.1) is 0 Å². The molecule has 2 aliphatic rings. The van der Waals surface area contributed by atoms with Crippen LogP contribution in [-0.2, 0) is 16.0 Å². The molecule has 4 heteroatoms. The van der Waals surface area contributed by atoms with Crippen LogP contribution in [0.5, 0.6) is 0 Å². The SMILES string of the molecule is CC1CN(CC2CCCN2C(=O)Cc2ccc(-c3ccccc3)cc2)CC(C)O1. The molecule has 3 unspecified atom stereocenters. The molecule has 2 fully saturated rings. The third kappa shape index (κ3) is 5.06. The number of hydrogen-bond acceptors (Lipinski definition) is 3. The van der Waals surface area contributed by atoms with Crippen LogP contribution < -0.4 is 0 Å². The normalized spacial score (nSPS) is 25.3. The monoisotopic (exact) mass is 392 g/mol. The second kappa shape index (κ2) is 9.10. The first-order chi connectivity index (χ1) is 14.1. The Bertz CT molecular complexity index is 795. The summed E-state index contributed by atoms with van der Waals surface area (Å²) in [7, 11) is 0. The molecule has 154 valence electrons. The van der Waals surface area contributed by atoms with E-state index in [1.165, 1.54) is 11.1 Å². The lowest BCUT2D eigenvalue weighted by Gasteiger charge is -2.38. The fourth-order valence-electron chi connectivity index (χ4n) is 4.81. The standard InChI is InChI=1S/C25H32N2O2/c1-19-16-26(17-20(2)29-19)18-24-9-6-14-27(24)25(28)15-21-10-12-23(13-11-21)22-7-4-3-5-8-22/h3-5,7-8,10-13,19-20,24H,6,9,14-18H2,1-2H3. The maximum Gasteiger partial charge on any atom is 0.227 e. The number of carbonyl (C=O) groups excluding carboxylic acids is 1. The number of amides is 1. The summed E-state index contributed by atoms with van der Waals surface area (Å²) in [4.78, 5) is 17.6. The number of carbonyl (C=O) groups is 1. The van der Waals surface area contributed by atoms with E-state index in [2.05, 4.69) is 72.2 Å². The number of ether oxygens (including phenoxy) is 1. The Morgan fingerprint density at radius 2 is 1.62 bits per heavy atom. The van der Waals surface area contributed by atoms with Crippen LogP contribution >= 0.6 is 0 Å². The number of hydrogen-bond donors (Lipinski definition) is 0. The molecule has 2 aromatic carbocycles. The number of nitrogens with zero attached hydrogens (tertiary/aromatic N) is 2. The molecular formula is C25H32N2O2. The van der Waals surface area contributed by atoms with E-state index in [0.717, 1.165) is 44.6 Å². The summed E-state index contributed by atoms with van der Waals surface area (Å²) in [5.41, 5.74) is 3.49. The van der Waals surface area contributed by atoms with Gasteiger partial charge in [0.25, 0.3) is 0 Å². The summed E-state index contributed by atoms with van der Waals surface area (Å²) < 4.78 is 5.85. The lowest BCUT2D eigenvalue weighted by atomic mass is 10.0. The largest absolute Gasteiger partial charge is 0.373 e. The van der Waals surface area contributed by atoms with Crippen molar-refractivity contribution in [3.8, 4) is 11.1 Å². The van der Waals surface area contributed by atoms with E-state index in [0.29, 0.717) is 12.5 Å². The van der Waals surface area contributed by atoms with E-state index in [-0.39, 0.29) is 18.1 Å². The average molecular weight is 393 g/mol. The molecule has 0 N–H and O–H groups in total. The zero-order valence-corrected chi connectivity index (χ0v) is 17.6. The van der Waals surface area contributed by atoms with Crippen LogP contribution in [0.25, 0.3) is 11.1 Å². The van der Waals surface area contributed by atoms with Gasteiger partial charge in [-0.15, -0.1) is 0 Å². The van der Waals surface area contributed by atoms with E-state index in [1.807, 2.05) is 6.07 Å². The smallest absolute Gasteiger partial charge is 0.227 e. The van der Waals surface area contributed by atoms with Gasteiger partial charge in [-0.2, -0.15) is 0 Å². The van der Waals surface area contributed by atoms with Crippen molar-refractivity contribution in [3.63, 3.8) is 0 Å². The Hall–Kier alpha value is -2.17. The summed E-state index contributed by atoms with van der Waals surface area (Å²) >= 11 is 0. The highest BCUT2D eigenvalue weighted by atomic mass is 16.5. The predicted molar refractivity (Wildman–Crippen MR) is 117 cm³/mol. The van der Waals surface area contributed by atoms with Gasteiger partial charge in [-0.3, -0.25) is 9.69 Å². The minimum atomic E-state index is 0.259. The average Bonchev–Trinajstić information content (AvgIpc) is 3.17. The first-order valence-electron chi connectivity index (χ1n) is 10.9. The number of rotatable bonds is 5. The van der Waals surface area contributed by atoms with Crippen molar-refractivity contribution >= 4 is 5.91 Å². The molecule has 2 heterocycles. The van der Waals surface area contributed by atoms with E-state index >= 15 is 0 Å². The lowest BCUT2D eigenvalue weighted by molar-refractivity contribution is -0.132. The van der Waals surface area contributed by atoms with Gasteiger partial charge in [-0.25, -0.2) is 0 Å². The zero-order valence-electron chi connectivity index (χ0n) is 17.6. The highest BCUT2D eigenvalue weighted by molar-refractivity contribution is 5.79. The maximum atomic E-state index is 13.0. The summed E-state index contributed by atoms with van der Waals surface area (Å²) in [6.45, 7) is 8.06. The Balaban J connectivity index is 1.36. The van der Waals surface area contributed by atoms with Crippen LogP contribution in [-0.4, -0.2) is 60.1 Å². The maximum absolute atomic E-state index is 13.0. The van der Waals surface area contributed by atoms with Crippen molar-refractivity contribution in [2.45, 2.75) is 51.4 Å². The molecule has 0 spiro atoms. The van der Waals surface area contributed by atoms with Gasteiger partial charge in [-0.05, 0) is 43.4 Å². The van der Waals surface area contributed by atoms with Crippen molar-refractivity contribution in [2.75, 3.05) is 26.2 Å². The zero-order chi connectivity index (χ0) is 20.2. The first kappa shape index (κ1) is 20.1. The molecule has 29 heavy (non-hydrogen) atoms. The molecule has 2 aromatic rings. The van der Waals surface area contributed by atoms with Gasteiger partial charge in [0.15, 0.2) is 0 Å². The number of morpholine rings is 1. The highest BCUT2D eigenvalue weighted by Crippen LogP contribution is 2.23. The van der Waals surface area contributed by atoms with Gasteiger partial charge in [0.05, 0.1) is 18.6 Å². The molecule has 4 rings (SSSR count). The van der Waals surface area contributed by atoms with Crippen molar-refractivity contribution in [2.24, 2.45) is 0 Å².